The molecule has 0 bridgehead atoms. The van der Waals surface area contributed by atoms with E-state index in [1.54, 1.807) is 36.4 Å². The van der Waals surface area contributed by atoms with E-state index in [0.29, 0.717) is 35.1 Å². The van der Waals surface area contributed by atoms with Crippen molar-refractivity contribution in [2.75, 3.05) is 0 Å². The lowest BCUT2D eigenvalue weighted by Crippen LogP contribution is -2.29. The first kappa shape index (κ1) is 27.8. The lowest BCUT2D eigenvalue weighted by Gasteiger charge is -2.32. The van der Waals surface area contributed by atoms with E-state index in [1.807, 2.05) is 13.8 Å². The van der Waals surface area contributed by atoms with Gasteiger partial charge < -0.3 is 10.2 Å². The number of nitriles is 2. The molecule has 30 heavy (non-hydrogen) atoms. The molecule has 0 aliphatic carbocycles. The Bertz CT molecular complexity index is 859. The van der Waals surface area contributed by atoms with Gasteiger partial charge in [0.25, 0.3) is 0 Å². The van der Waals surface area contributed by atoms with Crippen molar-refractivity contribution in [2.24, 2.45) is 0 Å². The minimum Gasteiger partial charge on any atom is -0.388 e. The third kappa shape index (κ3) is 7.22. The summed E-state index contributed by atoms with van der Waals surface area (Å²) in [7, 11) is 0. The first-order valence-corrected chi connectivity index (χ1v) is 9.89. The number of hydrogen-bond donors (Lipinski definition) is 2. The second-order valence-electron chi connectivity index (χ2n) is 6.91. The summed E-state index contributed by atoms with van der Waals surface area (Å²) in [5.74, 6) is -0.363. The fraction of sp³-hybridized carbons (Fsp3) is 0.417. The fourth-order valence-electron chi connectivity index (χ4n) is 3.31. The standard InChI is InChI=1S/C22H26FNO2.C2H3N.BrH/c1-3-5-13-22(26,17-8-10-18(23)11-9-17)20-12-7-16(15-24)14-19(20)21(25)6-4-2;1-2-3;/h7-12,14,21,25-26H,3-6,13H2,1-2H3;1H3;1H. The van der Waals surface area contributed by atoms with Crippen molar-refractivity contribution in [1.29, 1.82) is 10.5 Å². The van der Waals surface area contributed by atoms with E-state index >= 15 is 0 Å². The van der Waals surface area contributed by atoms with Crippen LogP contribution in [0.5, 0.6) is 0 Å². The monoisotopic (exact) mass is 476 g/mol. The normalized spacial score (nSPS) is 12.8. The van der Waals surface area contributed by atoms with Crippen LogP contribution in [0.1, 0.15) is 81.2 Å². The van der Waals surface area contributed by atoms with E-state index in [0.717, 1.165) is 19.3 Å². The molecular formula is C24H30BrFN2O2. The molecule has 0 aliphatic heterocycles. The number of rotatable bonds is 8. The average molecular weight is 477 g/mol. The zero-order valence-electron chi connectivity index (χ0n) is 17.7. The van der Waals surface area contributed by atoms with E-state index in [4.69, 9.17) is 5.26 Å². The highest BCUT2D eigenvalue weighted by Crippen LogP contribution is 2.39. The Labute approximate surface area is 189 Å². The molecule has 0 fully saturated rings. The van der Waals surface area contributed by atoms with Crippen molar-refractivity contribution < 1.29 is 14.6 Å². The van der Waals surface area contributed by atoms with E-state index < -0.39 is 11.7 Å². The summed E-state index contributed by atoms with van der Waals surface area (Å²) in [6, 6.07) is 14.7. The molecule has 0 aromatic heterocycles. The number of halogens is 2. The van der Waals surface area contributed by atoms with Crippen LogP contribution < -0.4 is 0 Å². The molecule has 2 rings (SSSR count). The van der Waals surface area contributed by atoms with Gasteiger partial charge in [-0.1, -0.05) is 51.3 Å². The van der Waals surface area contributed by atoms with Gasteiger partial charge in [0.2, 0.25) is 0 Å². The van der Waals surface area contributed by atoms with Crippen molar-refractivity contribution in [3.05, 3.63) is 70.5 Å². The fourth-order valence-corrected chi connectivity index (χ4v) is 3.31. The van der Waals surface area contributed by atoms with Crippen LogP contribution in [0.2, 0.25) is 0 Å². The summed E-state index contributed by atoms with van der Waals surface area (Å²) in [4.78, 5) is 0. The van der Waals surface area contributed by atoms with Crippen molar-refractivity contribution in [3.63, 3.8) is 0 Å². The summed E-state index contributed by atoms with van der Waals surface area (Å²) in [5, 5.41) is 38.8. The number of aliphatic hydroxyl groups excluding tert-OH is 1. The molecule has 0 spiro atoms. The van der Waals surface area contributed by atoms with Crippen LogP contribution in [0.3, 0.4) is 0 Å². The topological polar surface area (TPSA) is 88.0 Å². The van der Waals surface area contributed by atoms with Crippen LogP contribution in [0.15, 0.2) is 42.5 Å². The third-order valence-corrected chi connectivity index (χ3v) is 4.76. The van der Waals surface area contributed by atoms with Gasteiger partial charge in [-0.2, -0.15) is 10.5 Å². The second kappa shape index (κ2) is 13.9. The Morgan fingerprint density at radius 1 is 1.07 bits per heavy atom. The molecular weight excluding hydrogens is 447 g/mol. The zero-order chi connectivity index (χ0) is 21.9. The molecule has 2 aromatic rings. The van der Waals surface area contributed by atoms with Gasteiger partial charge in [0, 0.05) is 6.92 Å². The van der Waals surface area contributed by atoms with Crippen LogP contribution >= 0.6 is 17.0 Å². The number of hydrogen-bond acceptors (Lipinski definition) is 4. The SMILES string of the molecule is Br.CC#N.CCCCC(O)(c1ccc(F)cc1)c1ccc(C#N)cc1C(O)CCC. The van der Waals surface area contributed by atoms with E-state index in [2.05, 4.69) is 6.07 Å². The largest absolute Gasteiger partial charge is 0.388 e. The van der Waals surface area contributed by atoms with Gasteiger partial charge in [0.05, 0.1) is 23.8 Å². The summed E-state index contributed by atoms with van der Waals surface area (Å²) in [6.45, 7) is 5.44. The molecule has 2 N–H and O–H groups in total. The predicted octanol–water partition coefficient (Wildman–Crippen LogP) is 6.06. The molecule has 0 aliphatic rings. The Hall–Kier alpha value is -2.25. The summed E-state index contributed by atoms with van der Waals surface area (Å²) < 4.78 is 13.4. The van der Waals surface area contributed by atoms with Crippen LogP contribution in [0, 0.1) is 28.5 Å². The maximum atomic E-state index is 13.4. The van der Waals surface area contributed by atoms with Gasteiger partial charge in [-0.25, -0.2) is 4.39 Å². The molecule has 0 saturated heterocycles. The molecule has 2 aromatic carbocycles. The van der Waals surface area contributed by atoms with Gasteiger partial charge in [-0.3, -0.25) is 0 Å². The quantitative estimate of drug-likeness (QED) is 0.484. The lowest BCUT2D eigenvalue weighted by atomic mass is 9.78. The minimum atomic E-state index is -1.35. The molecule has 0 saturated carbocycles. The van der Waals surface area contributed by atoms with Crippen molar-refractivity contribution >= 4 is 17.0 Å². The Morgan fingerprint density at radius 3 is 2.17 bits per heavy atom. The molecule has 0 amide bonds. The highest BCUT2D eigenvalue weighted by Gasteiger charge is 2.34. The van der Waals surface area contributed by atoms with Gasteiger partial charge >= 0.3 is 0 Å². The Kier molecular flexibility index (Phi) is 12.8. The first-order valence-electron chi connectivity index (χ1n) is 9.89. The molecule has 2 unspecified atom stereocenters. The van der Waals surface area contributed by atoms with Crippen molar-refractivity contribution in [2.45, 2.75) is 64.6 Å². The number of nitrogens with zero attached hydrogens (tertiary/aromatic N) is 2. The maximum absolute atomic E-state index is 13.4. The van der Waals surface area contributed by atoms with Gasteiger partial charge in [0.15, 0.2) is 0 Å². The Morgan fingerprint density at radius 2 is 1.67 bits per heavy atom. The van der Waals surface area contributed by atoms with Crippen molar-refractivity contribution in [3.8, 4) is 12.1 Å². The summed E-state index contributed by atoms with van der Waals surface area (Å²) in [6.07, 6.45) is 2.67. The van der Waals surface area contributed by atoms with Crippen LogP contribution in [0.4, 0.5) is 4.39 Å². The molecule has 4 nitrogen and oxygen atoms in total. The maximum Gasteiger partial charge on any atom is 0.123 e. The predicted molar refractivity (Wildman–Crippen MR) is 122 cm³/mol. The second-order valence-corrected chi connectivity index (χ2v) is 6.91. The van der Waals surface area contributed by atoms with Crippen LogP contribution in [-0.2, 0) is 5.60 Å². The highest BCUT2D eigenvalue weighted by atomic mass is 79.9. The van der Waals surface area contributed by atoms with Crippen LogP contribution in [0.25, 0.3) is 0 Å². The molecule has 0 heterocycles. The molecule has 2 atom stereocenters. The van der Waals surface area contributed by atoms with E-state index in [-0.39, 0.29) is 22.8 Å². The highest BCUT2D eigenvalue weighted by molar-refractivity contribution is 8.93. The number of unbranched alkanes of at least 4 members (excludes halogenated alkanes) is 1. The van der Waals surface area contributed by atoms with Gasteiger partial charge in [-0.15, -0.1) is 17.0 Å². The summed E-state index contributed by atoms with van der Waals surface area (Å²) in [5.41, 5.74) is 0.825. The minimum absolute atomic E-state index is 0. The van der Waals surface area contributed by atoms with Gasteiger partial charge in [0.1, 0.15) is 11.4 Å². The Balaban J connectivity index is 0.00000198. The van der Waals surface area contributed by atoms with Crippen LogP contribution in [-0.4, -0.2) is 10.2 Å². The smallest absolute Gasteiger partial charge is 0.123 e. The van der Waals surface area contributed by atoms with Crippen molar-refractivity contribution in [1.82, 2.24) is 0 Å². The average Bonchev–Trinajstić information content (AvgIpc) is 2.72. The lowest BCUT2D eigenvalue weighted by molar-refractivity contribution is 0.0628. The number of aliphatic hydroxyl groups is 2. The molecule has 162 valence electrons. The van der Waals surface area contributed by atoms with Gasteiger partial charge in [-0.05, 0) is 53.8 Å². The van der Waals surface area contributed by atoms with E-state index in [1.165, 1.54) is 19.1 Å². The summed E-state index contributed by atoms with van der Waals surface area (Å²) >= 11 is 0. The third-order valence-electron chi connectivity index (χ3n) is 4.76. The molecule has 6 heteroatoms. The molecule has 0 radical (unpaired) electrons. The first-order chi connectivity index (χ1) is 13.9. The zero-order valence-corrected chi connectivity index (χ0v) is 19.4. The van der Waals surface area contributed by atoms with E-state index in [9.17, 15) is 19.9 Å². The number of benzene rings is 2.